The minimum Gasteiger partial charge on any atom is -0.494 e. The van der Waals surface area contributed by atoms with E-state index in [9.17, 15) is 9.90 Å². The number of ether oxygens (including phenoxy) is 1. The van der Waals surface area contributed by atoms with Gasteiger partial charge in [-0.25, -0.2) is 0 Å². The molecule has 27 heavy (non-hydrogen) atoms. The third-order valence-electron chi connectivity index (χ3n) is 5.13. The number of piperidine rings is 1. The predicted octanol–water partition coefficient (Wildman–Crippen LogP) is 4.93. The van der Waals surface area contributed by atoms with Crippen molar-refractivity contribution in [2.75, 3.05) is 19.7 Å². The number of hydrogen-bond donors (Lipinski definition) is 1. The molecule has 1 fully saturated rings. The summed E-state index contributed by atoms with van der Waals surface area (Å²) in [4.78, 5) is 13.8. The minimum atomic E-state index is -0.724. The SMILES string of the molecule is CCOc1ccc(Cl)cc1C(c1ccc(C)cc1)N1CCCC(C(=O)O)C1. The van der Waals surface area contributed by atoms with Crippen molar-refractivity contribution in [3.63, 3.8) is 0 Å². The van der Waals surface area contributed by atoms with Gasteiger partial charge in [-0.2, -0.15) is 0 Å². The molecule has 144 valence electrons. The second kappa shape index (κ2) is 8.77. The molecular formula is C22H26ClNO3. The van der Waals surface area contributed by atoms with Crippen molar-refractivity contribution in [2.45, 2.75) is 32.7 Å². The van der Waals surface area contributed by atoms with E-state index >= 15 is 0 Å². The Balaban J connectivity index is 2.07. The Morgan fingerprint density at radius 2 is 2.04 bits per heavy atom. The van der Waals surface area contributed by atoms with Crippen molar-refractivity contribution in [1.29, 1.82) is 0 Å². The number of rotatable bonds is 6. The summed E-state index contributed by atoms with van der Waals surface area (Å²) in [6, 6.07) is 14.0. The maximum atomic E-state index is 11.6. The molecule has 3 rings (SSSR count). The van der Waals surface area contributed by atoms with E-state index in [1.807, 2.05) is 25.1 Å². The molecule has 5 heteroatoms. The van der Waals surface area contributed by atoms with Crippen molar-refractivity contribution in [1.82, 2.24) is 4.90 Å². The Hall–Kier alpha value is -2.04. The topological polar surface area (TPSA) is 49.8 Å². The lowest BCUT2D eigenvalue weighted by Gasteiger charge is -2.38. The van der Waals surface area contributed by atoms with Gasteiger partial charge < -0.3 is 9.84 Å². The smallest absolute Gasteiger partial charge is 0.307 e. The fourth-order valence-corrected chi connectivity index (χ4v) is 3.98. The van der Waals surface area contributed by atoms with E-state index in [0.29, 0.717) is 18.2 Å². The van der Waals surface area contributed by atoms with Crippen LogP contribution in [-0.4, -0.2) is 35.7 Å². The van der Waals surface area contributed by atoms with Crippen LogP contribution in [0.5, 0.6) is 5.75 Å². The molecule has 0 saturated carbocycles. The van der Waals surface area contributed by atoms with E-state index in [1.54, 1.807) is 0 Å². The van der Waals surface area contributed by atoms with E-state index in [2.05, 4.69) is 36.1 Å². The van der Waals surface area contributed by atoms with Gasteiger partial charge in [-0.1, -0.05) is 41.4 Å². The van der Waals surface area contributed by atoms with E-state index in [1.165, 1.54) is 5.56 Å². The van der Waals surface area contributed by atoms with Crippen molar-refractivity contribution >= 4 is 17.6 Å². The van der Waals surface area contributed by atoms with Crippen LogP contribution >= 0.6 is 11.6 Å². The van der Waals surface area contributed by atoms with Crippen LogP contribution in [0.15, 0.2) is 42.5 Å². The number of aryl methyl sites for hydroxylation is 1. The van der Waals surface area contributed by atoms with Crippen molar-refractivity contribution in [2.24, 2.45) is 5.92 Å². The lowest BCUT2D eigenvalue weighted by atomic mass is 9.90. The van der Waals surface area contributed by atoms with Gasteiger partial charge in [0.25, 0.3) is 0 Å². The minimum absolute atomic E-state index is 0.0898. The Kier molecular flexibility index (Phi) is 6.40. The third kappa shape index (κ3) is 4.63. The van der Waals surface area contributed by atoms with E-state index in [4.69, 9.17) is 16.3 Å². The number of halogens is 1. The summed E-state index contributed by atoms with van der Waals surface area (Å²) < 4.78 is 5.88. The summed E-state index contributed by atoms with van der Waals surface area (Å²) >= 11 is 6.32. The van der Waals surface area contributed by atoms with Crippen LogP contribution < -0.4 is 4.74 Å². The molecule has 0 aromatic heterocycles. The highest BCUT2D eigenvalue weighted by atomic mass is 35.5. The van der Waals surface area contributed by atoms with Crippen LogP contribution in [0.4, 0.5) is 0 Å². The fourth-order valence-electron chi connectivity index (χ4n) is 3.80. The Bertz CT molecular complexity index is 791. The fraction of sp³-hybridized carbons (Fsp3) is 0.409. The van der Waals surface area contributed by atoms with Gasteiger partial charge in [0.1, 0.15) is 5.75 Å². The average molecular weight is 388 g/mol. The number of nitrogens with zero attached hydrogens (tertiary/aromatic N) is 1. The van der Waals surface area contributed by atoms with Crippen LogP contribution in [0.2, 0.25) is 5.02 Å². The average Bonchev–Trinajstić information content (AvgIpc) is 2.66. The first-order valence-electron chi connectivity index (χ1n) is 9.45. The normalized spacial score (nSPS) is 18.9. The number of carboxylic acids is 1. The molecule has 1 aliphatic rings. The lowest BCUT2D eigenvalue weighted by Crippen LogP contribution is -2.41. The zero-order chi connectivity index (χ0) is 19.4. The molecule has 4 nitrogen and oxygen atoms in total. The standard InChI is InChI=1S/C22H26ClNO3/c1-3-27-20-11-10-18(23)13-19(20)21(16-8-6-15(2)7-9-16)24-12-4-5-17(14-24)22(25)26/h6-11,13,17,21H,3-5,12,14H2,1-2H3,(H,25,26). The highest BCUT2D eigenvalue weighted by Gasteiger charge is 2.32. The second-order valence-corrected chi connectivity index (χ2v) is 7.54. The van der Waals surface area contributed by atoms with Gasteiger partial charge in [0.2, 0.25) is 0 Å². The molecule has 1 N–H and O–H groups in total. The van der Waals surface area contributed by atoms with Crippen LogP contribution in [0.3, 0.4) is 0 Å². The molecule has 2 atom stereocenters. The Labute approximate surface area is 165 Å². The maximum absolute atomic E-state index is 11.6. The van der Waals surface area contributed by atoms with Crippen molar-refractivity contribution in [3.05, 3.63) is 64.2 Å². The van der Waals surface area contributed by atoms with Gasteiger partial charge in [-0.05, 0) is 57.0 Å². The van der Waals surface area contributed by atoms with Gasteiger partial charge in [0, 0.05) is 17.1 Å². The van der Waals surface area contributed by atoms with Gasteiger partial charge in [-0.3, -0.25) is 9.69 Å². The van der Waals surface area contributed by atoms with Crippen LogP contribution in [0.1, 0.15) is 42.5 Å². The Morgan fingerprint density at radius 1 is 1.30 bits per heavy atom. The van der Waals surface area contributed by atoms with E-state index in [-0.39, 0.29) is 12.0 Å². The molecule has 2 unspecified atom stereocenters. The van der Waals surface area contributed by atoms with Crippen LogP contribution in [0.25, 0.3) is 0 Å². The summed E-state index contributed by atoms with van der Waals surface area (Å²) in [5.41, 5.74) is 3.30. The van der Waals surface area contributed by atoms with Crippen LogP contribution in [0, 0.1) is 12.8 Å². The summed E-state index contributed by atoms with van der Waals surface area (Å²) in [6.07, 6.45) is 1.59. The molecule has 2 aromatic rings. The summed E-state index contributed by atoms with van der Waals surface area (Å²) in [5, 5.41) is 10.2. The second-order valence-electron chi connectivity index (χ2n) is 7.10. The summed E-state index contributed by atoms with van der Waals surface area (Å²) in [6.45, 7) is 5.95. The largest absolute Gasteiger partial charge is 0.494 e. The first-order valence-corrected chi connectivity index (χ1v) is 9.83. The third-order valence-corrected chi connectivity index (χ3v) is 5.36. The molecule has 0 aliphatic carbocycles. The molecule has 1 saturated heterocycles. The van der Waals surface area contributed by atoms with Crippen LogP contribution in [-0.2, 0) is 4.79 Å². The number of hydrogen-bond acceptors (Lipinski definition) is 3. The highest BCUT2D eigenvalue weighted by Crippen LogP contribution is 2.38. The molecule has 2 aromatic carbocycles. The lowest BCUT2D eigenvalue weighted by molar-refractivity contribution is -0.143. The Morgan fingerprint density at radius 3 is 2.70 bits per heavy atom. The quantitative estimate of drug-likeness (QED) is 0.763. The molecule has 1 heterocycles. The monoisotopic (exact) mass is 387 g/mol. The van der Waals surface area contributed by atoms with Gasteiger partial charge >= 0.3 is 5.97 Å². The van der Waals surface area contributed by atoms with Gasteiger partial charge in [-0.15, -0.1) is 0 Å². The number of benzene rings is 2. The van der Waals surface area contributed by atoms with Crippen molar-refractivity contribution in [3.8, 4) is 5.75 Å². The summed E-state index contributed by atoms with van der Waals surface area (Å²) in [7, 11) is 0. The molecule has 0 amide bonds. The molecular weight excluding hydrogens is 362 g/mol. The zero-order valence-electron chi connectivity index (χ0n) is 15.8. The summed E-state index contributed by atoms with van der Waals surface area (Å²) in [5.74, 6) is -0.273. The number of likely N-dealkylation sites (tertiary alicyclic amines) is 1. The molecule has 1 aliphatic heterocycles. The molecule has 0 radical (unpaired) electrons. The predicted molar refractivity (Wildman–Crippen MR) is 108 cm³/mol. The first-order chi connectivity index (χ1) is 13.0. The number of carboxylic acid groups (broad SMARTS) is 1. The van der Waals surface area contributed by atoms with Gasteiger partial charge in [0.15, 0.2) is 0 Å². The van der Waals surface area contributed by atoms with E-state index < -0.39 is 5.97 Å². The van der Waals surface area contributed by atoms with E-state index in [0.717, 1.165) is 36.3 Å². The maximum Gasteiger partial charge on any atom is 0.307 e. The van der Waals surface area contributed by atoms with Gasteiger partial charge in [0.05, 0.1) is 18.6 Å². The first kappa shape index (κ1) is 19.7. The zero-order valence-corrected chi connectivity index (χ0v) is 16.6. The highest BCUT2D eigenvalue weighted by molar-refractivity contribution is 6.30. The molecule has 0 spiro atoms. The number of carbonyl (C=O) groups is 1. The van der Waals surface area contributed by atoms with Crippen molar-refractivity contribution < 1.29 is 14.6 Å². The molecule has 0 bridgehead atoms. The number of aliphatic carboxylic acids is 1.